The number of aromatic nitrogens is 2. The number of hydrogen-bond acceptors (Lipinski definition) is 5. The lowest BCUT2D eigenvalue weighted by Crippen LogP contribution is -2.38. The van der Waals surface area contributed by atoms with Crippen LogP contribution < -0.4 is 10.4 Å². The molecule has 1 unspecified atom stereocenters. The van der Waals surface area contributed by atoms with Gasteiger partial charge in [0.25, 0.3) is 0 Å². The van der Waals surface area contributed by atoms with E-state index in [2.05, 4.69) is 15.4 Å². The number of nitrogens with zero attached hydrogens (tertiary/aromatic N) is 3. The van der Waals surface area contributed by atoms with Crippen LogP contribution in [0.2, 0.25) is 0 Å². The van der Waals surface area contributed by atoms with E-state index in [4.69, 9.17) is 0 Å². The summed E-state index contributed by atoms with van der Waals surface area (Å²) in [5, 5.41) is 12.1. The standard InChI is InChI=1S/C15H16N4O/c1-10-6-14(17-7-11(10)2)19-15(20)13(9-18-19)12-4-3-5-16-8-12/h3-9,15,18,20H,1-2H3. The molecule has 0 fully saturated rings. The van der Waals surface area contributed by atoms with Gasteiger partial charge in [-0.05, 0) is 37.1 Å². The monoisotopic (exact) mass is 268 g/mol. The number of aryl methyl sites for hydroxylation is 2. The lowest BCUT2D eigenvalue weighted by atomic mass is 10.1. The molecule has 0 saturated carbocycles. The molecule has 0 aliphatic carbocycles. The van der Waals surface area contributed by atoms with E-state index in [9.17, 15) is 5.11 Å². The Balaban J connectivity index is 1.87. The summed E-state index contributed by atoms with van der Waals surface area (Å²) >= 11 is 0. The summed E-state index contributed by atoms with van der Waals surface area (Å²) in [6.07, 6.45) is 6.24. The molecule has 0 radical (unpaired) electrons. The van der Waals surface area contributed by atoms with Crippen molar-refractivity contribution in [2.75, 3.05) is 5.01 Å². The Labute approximate surface area is 117 Å². The smallest absolute Gasteiger partial charge is 0.175 e. The molecule has 1 aliphatic heterocycles. The zero-order valence-electron chi connectivity index (χ0n) is 11.4. The SMILES string of the molecule is Cc1cnc(N2NC=C(c3cccnc3)C2O)cc1C. The first-order valence-electron chi connectivity index (χ1n) is 6.44. The third kappa shape index (κ3) is 2.12. The van der Waals surface area contributed by atoms with E-state index in [1.807, 2.05) is 32.0 Å². The minimum Gasteiger partial charge on any atom is -0.368 e. The number of hydrazine groups is 1. The fraction of sp³-hybridized carbons (Fsp3) is 0.200. The van der Waals surface area contributed by atoms with Gasteiger partial charge in [0.1, 0.15) is 5.82 Å². The van der Waals surface area contributed by atoms with Gasteiger partial charge in [-0.15, -0.1) is 0 Å². The number of hydrogen-bond donors (Lipinski definition) is 2. The first kappa shape index (κ1) is 12.6. The van der Waals surface area contributed by atoms with E-state index < -0.39 is 6.23 Å². The summed E-state index contributed by atoms with van der Waals surface area (Å²) in [4.78, 5) is 8.43. The van der Waals surface area contributed by atoms with Crippen LogP contribution in [-0.2, 0) is 0 Å². The van der Waals surface area contributed by atoms with Crippen LogP contribution in [0.1, 0.15) is 16.7 Å². The van der Waals surface area contributed by atoms with Crippen LogP contribution in [0.3, 0.4) is 0 Å². The summed E-state index contributed by atoms with van der Waals surface area (Å²) in [6, 6.07) is 5.71. The second-order valence-corrected chi connectivity index (χ2v) is 4.84. The van der Waals surface area contributed by atoms with Crippen molar-refractivity contribution in [1.29, 1.82) is 0 Å². The molecule has 1 atom stereocenters. The molecule has 0 saturated heterocycles. The van der Waals surface area contributed by atoms with Gasteiger partial charge in [-0.2, -0.15) is 0 Å². The number of rotatable bonds is 2. The molecule has 0 bridgehead atoms. The number of aliphatic hydroxyl groups excluding tert-OH is 1. The van der Waals surface area contributed by atoms with Crippen molar-refractivity contribution < 1.29 is 5.11 Å². The van der Waals surface area contributed by atoms with Crippen LogP contribution in [-0.4, -0.2) is 21.3 Å². The lowest BCUT2D eigenvalue weighted by Gasteiger charge is -2.23. The second-order valence-electron chi connectivity index (χ2n) is 4.84. The van der Waals surface area contributed by atoms with E-state index in [1.54, 1.807) is 29.8 Å². The molecule has 20 heavy (non-hydrogen) atoms. The first-order chi connectivity index (χ1) is 9.66. The second kappa shape index (κ2) is 4.94. The molecule has 102 valence electrons. The molecule has 0 spiro atoms. The summed E-state index contributed by atoms with van der Waals surface area (Å²) in [7, 11) is 0. The Morgan fingerprint density at radius 2 is 2.10 bits per heavy atom. The third-order valence-corrected chi connectivity index (χ3v) is 3.48. The van der Waals surface area contributed by atoms with Crippen LogP contribution in [0.5, 0.6) is 0 Å². The van der Waals surface area contributed by atoms with Crippen molar-refractivity contribution in [3.8, 4) is 0 Å². The molecule has 3 rings (SSSR count). The predicted octanol–water partition coefficient (Wildman–Crippen LogP) is 1.78. The van der Waals surface area contributed by atoms with Gasteiger partial charge < -0.3 is 10.5 Å². The van der Waals surface area contributed by atoms with Crippen LogP contribution in [0.4, 0.5) is 5.82 Å². The van der Waals surface area contributed by atoms with Gasteiger partial charge in [-0.25, -0.2) is 9.99 Å². The molecule has 3 heterocycles. The largest absolute Gasteiger partial charge is 0.368 e. The van der Waals surface area contributed by atoms with E-state index in [0.29, 0.717) is 5.82 Å². The average molecular weight is 268 g/mol. The molecule has 0 aromatic carbocycles. The van der Waals surface area contributed by atoms with Crippen molar-refractivity contribution >= 4 is 11.4 Å². The normalized spacial score (nSPS) is 17.9. The number of pyridine rings is 2. The minimum atomic E-state index is -0.784. The molecule has 2 aromatic heterocycles. The van der Waals surface area contributed by atoms with Gasteiger partial charge in [-0.1, -0.05) is 6.07 Å². The minimum absolute atomic E-state index is 0.691. The van der Waals surface area contributed by atoms with Gasteiger partial charge >= 0.3 is 0 Å². The maximum Gasteiger partial charge on any atom is 0.175 e. The van der Waals surface area contributed by atoms with Gasteiger partial charge in [-0.3, -0.25) is 4.98 Å². The number of aliphatic hydroxyl groups is 1. The summed E-state index contributed by atoms with van der Waals surface area (Å²) in [6.45, 7) is 4.04. The molecule has 2 aromatic rings. The van der Waals surface area contributed by atoms with Crippen molar-refractivity contribution in [3.05, 3.63) is 59.7 Å². The van der Waals surface area contributed by atoms with Crippen molar-refractivity contribution in [3.63, 3.8) is 0 Å². The molecular formula is C15H16N4O. The quantitative estimate of drug-likeness (QED) is 0.869. The highest BCUT2D eigenvalue weighted by Gasteiger charge is 2.27. The first-order valence-corrected chi connectivity index (χ1v) is 6.44. The predicted molar refractivity (Wildman–Crippen MR) is 77.5 cm³/mol. The molecule has 0 amide bonds. The number of nitrogens with one attached hydrogen (secondary N) is 1. The van der Waals surface area contributed by atoms with Crippen molar-refractivity contribution in [1.82, 2.24) is 15.4 Å². The van der Waals surface area contributed by atoms with E-state index >= 15 is 0 Å². The highest BCUT2D eigenvalue weighted by atomic mass is 16.3. The fourth-order valence-corrected chi connectivity index (χ4v) is 2.12. The Bertz CT molecular complexity index is 654. The van der Waals surface area contributed by atoms with Crippen LogP contribution >= 0.6 is 0 Å². The Morgan fingerprint density at radius 1 is 1.25 bits per heavy atom. The Morgan fingerprint density at radius 3 is 2.80 bits per heavy atom. The zero-order valence-corrected chi connectivity index (χ0v) is 11.4. The topological polar surface area (TPSA) is 61.3 Å². The molecule has 5 heteroatoms. The molecule has 1 aliphatic rings. The highest BCUT2D eigenvalue weighted by molar-refractivity contribution is 5.73. The van der Waals surface area contributed by atoms with E-state index in [-0.39, 0.29) is 0 Å². The van der Waals surface area contributed by atoms with Crippen molar-refractivity contribution in [2.45, 2.75) is 20.1 Å². The van der Waals surface area contributed by atoms with Crippen LogP contribution in [0.15, 0.2) is 43.0 Å². The maximum absolute atomic E-state index is 10.4. The third-order valence-electron chi connectivity index (χ3n) is 3.48. The van der Waals surface area contributed by atoms with Gasteiger partial charge in [0.2, 0.25) is 0 Å². The van der Waals surface area contributed by atoms with E-state index in [1.165, 1.54) is 0 Å². The summed E-state index contributed by atoms with van der Waals surface area (Å²) in [5.74, 6) is 0.691. The molecule has 2 N–H and O–H groups in total. The Hall–Kier alpha value is -2.40. The van der Waals surface area contributed by atoms with E-state index in [0.717, 1.165) is 22.3 Å². The Kier molecular flexibility index (Phi) is 3.12. The fourth-order valence-electron chi connectivity index (χ4n) is 2.12. The van der Waals surface area contributed by atoms with Crippen LogP contribution in [0, 0.1) is 13.8 Å². The average Bonchev–Trinajstić information content (AvgIpc) is 2.85. The summed E-state index contributed by atoms with van der Waals surface area (Å²) < 4.78 is 0. The van der Waals surface area contributed by atoms with Gasteiger partial charge in [0.15, 0.2) is 6.23 Å². The van der Waals surface area contributed by atoms with Crippen molar-refractivity contribution in [2.24, 2.45) is 0 Å². The highest BCUT2D eigenvalue weighted by Crippen LogP contribution is 2.27. The summed E-state index contributed by atoms with van der Waals surface area (Å²) in [5.41, 5.74) is 6.98. The van der Waals surface area contributed by atoms with Gasteiger partial charge in [0, 0.05) is 35.9 Å². The molecular weight excluding hydrogens is 252 g/mol. The number of anilines is 1. The lowest BCUT2D eigenvalue weighted by molar-refractivity contribution is 0.225. The maximum atomic E-state index is 10.4. The van der Waals surface area contributed by atoms with Crippen LogP contribution in [0.25, 0.3) is 5.57 Å². The van der Waals surface area contributed by atoms with Gasteiger partial charge in [0.05, 0.1) is 0 Å². The molecule has 5 nitrogen and oxygen atoms in total. The zero-order chi connectivity index (χ0) is 14.1.